The molecule has 0 aliphatic heterocycles. The van der Waals surface area contributed by atoms with Gasteiger partial charge in [0.1, 0.15) is 0 Å². The van der Waals surface area contributed by atoms with Gasteiger partial charge in [-0.3, -0.25) is 0 Å². The molecule has 0 aromatic heterocycles. The van der Waals surface area contributed by atoms with E-state index in [1.807, 2.05) is 66.7 Å². The summed E-state index contributed by atoms with van der Waals surface area (Å²) in [5.74, 6) is 0. The molecule has 0 spiro atoms. The van der Waals surface area contributed by atoms with E-state index in [9.17, 15) is 0 Å². The summed E-state index contributed by atoms with van der Waals surface area (Å²) >= 11 is 0. The molecule has 0 saturated heterocycles. The Morgan fingerprint density at radius 3 is 1.65 bits per heavy atom. The van der Waals surface area contributed by atoms with Gasteiger partial charge in [-0.25, -0.2) is 0 Å². The lowest BCUT2D eigenvalue weighted by atomic mass is 10.2. The van der Waals surface area contributed by atoms with Crippen molar-refractivity contribution in [2.75, 3.05) is 0 Å². The van der Waals surface area contributed by atoms with Crippen LogP contribution in [-0.4, -0.2) is 6.29 Å². The van der Waals surface area contributed by atoms with E-state index < -0.39 is 0 Å². The number of hydrogen-bond donors (Lipinski definition) is 0. The highest BCUT2D eigenvalue weighted by molar-refractivity contribution is 5.14. The van der Waals surface area contributed by atoms with Crippen LogP contribution in [0.15, 0.2) is 73.3 Å². The molecule has 0 unspecified atom stereocenters. The fourth-order valence-corrected chi connectivity index (χ4v) is 1.85. The molecule has 104 valence electrons. The number of hydrogen-bond acceptors (Lipinski definition) is 2. The average molecular weight is 268 g/mol. The van der Waals surface area contributed by atoms with Gasteiger partial charge in [0.05, 0.1) is 13.2 Å². The molecule has 0 saturated carbocycles. The molecule has 0 aliphatic rings. The van der Waals surface area contributed by atoms with Crippen LogP contribution in [0.1, 0.15) is 17.5 Å². The third-order valence-electron chi connectivity index (χ3n) is 2.92. The minimum atomic E-state index is -0.257. The van der Waals surface area contributed by atoms with Crippen molar-refractivity contribution in [2.45, 2.75) is 25.9 Å². The highest BCUT2D eigenvalue weighted by Gasteiger charge is 2.08. The highest BCUT2D eigenvalue weighted by Crippen LogP contribution is 2.10. The van der Waals surface area contributed by atoms with Crippen molar-refractivity contribution < 1.29 is 9.47 Å². The Morgan fingerprint density at radius 1 is 0.800 bits per heavy atom. The molecule has 0 fully saturated rings. The van der Waals surface area contributed by atoms with Crippen molar-refractivity contribution in [1.82, 2.24) is 0 Å². The molecule has 0 radical (unpaired) electrons. The quantitative estimate of drug-likeness (QED) is 0.524. The summed E-state index contributed by atoms with van der Waals surface area (Å²) in [6.07, 6.45) is 2.24. The van der Waals surface area contributed by atoms with E-state index >= 15 is 0 Å². The van der Waals surface area contributed by atoms with Crippen LogP contribution in [0.4, 0.5) is 0 Å². The Balaban J connectivity index is 1.82. The van der Waals surface area contributed by atoms with Gasteiger partial charge >= 0.3 is 0 Å². The third-order valence-corrected chi connectivity index (χ3v) is 2.92. The molecule has 2 nitrogen and oxygen atoms in total. The molecular formula is C18H20O2. The highest BCUT2D eigenvalue weighted by atomic mass is 16.7. The third kappa shape index (κ3) is 5.00. The monoisotopic (exact) mass is 268 g/mol. The maximum absolute atomic E-state index is 5.80. The molecule has 0 heterocycles. The first kappa shape index (κ1) is 14.5. The van der Waals surface area contributed by atoms with Crippen molar-refractivity contribution in [1.29, 1.82) is 0 Å². The van der Waals surface area contributed by atoms with Gasteiger partial charge in [-0.05, 0) is 11.1 Å². The van der Waals surface area contributed by atoms with Crippen molar-refractivity contribution in [3.63, 3.8) is 0 Å². The molecular weight excluding hydrogens is 248 g/mol. The van der Waals surface area contributed by atoms with Crippen LogP contribution < -0.4 is 0 Å². The van der Waals surface area contributed by atoms with E-state index in [1.165, 1.54) is 0 Å². The second kappa shape index (κ2) is 8.31. The van der Waals surface area contributed by atoms with Gasteiger partial charge in [0.15, 0.2) is 6.29 Å². The first-order valence-corrected chi connectivity index (χ1v) is 6.80. The predicted molar refractivity (Wildman–Crippen MR) is 81.1 cm³/mol. The molecule has 0 bridgehead atoms. The smallest absolute Gasteiger partial charge is 0.161 e. The van der Waals surface area contributed by atoms with Crippen LogP contribution in [0.3, 0.4) is 0 Å². The van der Waals surface area contributed by atoms with Crippen LogP contribution in [0, 0.1) is 0 Å². The van der Waals surface area contributed by atoms with Gasteiger partial charge in [-0.15, -0.1) is 6.58 Å². The van der Waals surface area contributed by atoms with Crippen molar-refractivity contribution in [3.05, 3.63) is 84.4 Å². The molecule has 0 atom stereocenters. The zero-order valence-corrected chi connectivity index (χ0v) is 11.6. The Bertz CT molecular complexity index is 450. The zero-order chi connectivity index (χ0) is 14.0. The lowest BCUT2D eigenvalue weighted by Crippen LogP contribution is -2.16. The van der Waals surface area contributed by atoms with E-state index in [4.69, 9.17) is 9.47 Å². The SMILES string of the molecule is C=CCC(OCc1ccccc1)OCc1ccccc1. The molecule has 0 amide bonds. The maximum atomic E-state index is 5.80. The topological polar surface area (TPSA) is 18.5 Å². The Kier molecular flexibility index (Phi) is 6.03. The van der Waals surface area contributed by atoms with E-state index in [0.29, 0.717) is 19.6 Å². The van der Waals surface area contributed by atoms with Crippen molar-refractivity contribution in [3.8, 4) is 0 Å². The summed E-state index contributed by atoms with van der Waals surface area (Å²) in [5.41, 5.74) is 2.29. The van der Waals surface area contributed by atoms with E-state index in [1.54, 1.807) is 0 Å². The van der Waals surface area contributed by atoms with Gasteiger partial charge in [0.2, 0.25) is 0 Å². The molecule has 0 aliphatic carbocycles. The summed E-state index contributed by atoms with van der Waals surface area (Å²) in [7, 11) is 0. The summed E-state index contributed by atoms with van der Waals surface area (Å²) in [5, 5.41) is 0. The summed E-state index contributed by atoms with van der Waals surface area (Å²) in [6.45, 7) is 4.85. The second-order valence-electron chi connectivity index (χ2n) is 4.55. The zero-order valence-electron chi connectivity index (χ0n) is 11.6. The van der Waals surface area contributed by atoms with Crippen LogP contribution in [0.2, 0.25) is 0 Å². The van der Waals surface area contributed by atoms with Crippen LogP contribution in [0.25, 0.3) is 0 Å². The minimum Gasteiger partial charge on any atom is -0.348 e. The summed E-state index contributed by atoms with van der Waals surface area (Å²) in [4.78, 5) is 0. The number of benzene rings is 2. The van der Waals surface area contributed by atoms with E-state index in [-0.39, 0.29) is 6.29 Å². The fraction of sp³-hybridized carbons (Fsp3) is 0.222. The van der Waals surface area contributed by atoms with E-state index in [0.717, 1.165) is 11.1 Å². The van der Waals surface area contributed by atoms with Gasteiger partial charge in [-0.2, -0.15) is 0 Å². The van der Waals surface area contributed by atoms with Gasteiger partial charge in [-0.1, -0.05) is 66.7 Å². The van der Waals surface area contributed by atoms with Crippen LogP contribution in [0.5, 0.6) is 0 Å². The predicted octanol–water partition coefficient (Wildman–Crippen LogP) is 4.32. The number of rotatable bonds is 8. The first-order valence-electron chi connectivity index (χ1n) is 6.80. The first-order chi connectivity index (χ1) is 9.88. The Hall–Kier alpha value is -1.90. The maximum Gasteiger partial charge on any atom is 0.161 e. The lowest BCUT2D eigenvalue weighted by molar-refractivity contribution is -0.154. The molecule has 2 rings (SSSR count). The molecule has 2 heteroatoms. The largest absolute Gasteiger partial charge is 0.348 e. The van der Waals surface area contributed by atoms with Crippen LogP contribution >= 0.6 is 0 Å². The van der Waals surface area contributed by atoms with Crippen molar-refractivity contribution in [2.24, 2.45) is 0 Å². The Morgan fingerprint density at radius 2 is 1.25 bits per heavy atom. The average Bonchev–Trinajstić information content (AvgIpc) is 2.52. The van der Waals surface area contributed by atoms with Gasteiger partial charge < -0.3 is 9.47 Å². The van der Waals surface area contributed by atoms with Crippen molar-refractivity contribution >= 4 is 0 Å². The fourth-order valence-electron chi connectivity index (χ4n) is 1.85. The summed E-state index contributed by atoms with van der Waals surface area (Å²) in [6, 6.07) is 20.2. The number of ether oxygens (including phenoxy) is 2. The molecule has 2 aromatic rings. The second-order valence-corrected chi connectivity index (χ2v) is 4.55. The van der Waals surface area contributed by atoms with E-state index in [2.05, 4.69) is 6.58 Å². The standard InChI is InChI=1S/C18H20O2/c1-2-9-18(19-14-16-10-5-3-6-11-16)20-15-17-12-7-4-8-13-17/h2-8,10-13,18H,1,9,14-15H2. The summed E-state index contributed by atoms with van der Waals surface area (Å²) < 4.78 is 11.6. The van der Waals surface area contributed by atoms with Gasteiger partial charge in [0, 0.05) is 6.42 Å². The molecule has 20 heavy (non-hydrogen) atoms. The van der Waals surface area contributed by atoms with Gasteiger partial charge in [0.25, 0.3) is 0 Å². The normalized spacial score (nSPS) is 10.7. The Labute approximate surface area is 120 Å². The molecule has 2 aromatic carbocycles. The lowest BCUT2D eigenvalue weighted by Gasteiger charge is -2.17. The minimum absolute atomic E-state index is 0.257. The molecule has 0 N–H and O–H groups in total. The van der Waals surface area contributed by atoms with Crippen LogP contribution in [-0.2, 0) is 22.7 Å².